The summed E-state index contributed by atoms with van der Waals surface area (Å²) in [7, 11) is 0. The van der Waals surface area contributed by atoms with Gasteiger partial charge in [0.25, 0.3) is 0 Å². The lowest BCUT2D eigenvalue weighted by Gasteiger charge is -2.47. The van der Waals surface area contributed by atoms with E-state index in [9.17, 15) is 0 Å². The van der Waals surface area contributed by atoms with E-state index in [1.807, 2.05) is 0 Å². The molecule has 8 unspecified atom stereocenters. The van der Waals surface area contributed by atoms with Gasteiger partial charge in [-0.25, -0.2) is 0 Å². The predicted molar refractivity (Wildman–Crippen MR) is 69.5 cm³/mol. The zero-order chi connectivity index (χ0) is 11.4. The molecule has 7 rings (SSSR count). The molecule has 0 saturated heterocycles. The minimum absolute atomic E-state index is 0.877. The molecule has 6 bridgehead atoms. The number of hydrogen-bond acceptors (Lipinski definition) is 0. The van der Waals surface area contributed by atoms with Crippen LogP contribution >= 0.6 is 0 Å². The second kappa shape index (κ2) is 2.63. The largest absolute Gasteiger partial charge is 0.0651 e. The van der Waals surface area contributed by atoms with Gasteiger partial charge < -0.3 is 0 Å². The first-order valence-electron chi connectivity index (χ1n) is 8.21. The molecule has 0 heteroatoms. The molecule has 7 saturated carbocycles. The van der Waals surface area contributed by atoms with Crippen molar-refractivity contribution in [2.24, 2.45) is 46.3 Å². The van der Waals surface area contributed by atoms with Crippen molar-refractivity contribution in [3.8, 4) is 0 Å². The van der Waals surface area contributed by atoms with Crippen molar-refractivity contribution < 1.29 is 0 Å². The van der Waals surface area contributed by atoms with Crippen LogP contribution in [0.15, 0.2) is 0 Å². The van der Waals surface area contributed by atoms with Crippen molar-refractivity contribution in [2.45, 2.75) is 58.8 Å². The molecule has 2 spiro atoms. The van der Waals surface area contributed by atoms with E-state index in [1.54, 1.807) is 38.5 Å². The molecule has 0 nitrogen and oxygen atoms in total. The van der Waals surface area contributed by atoms with E-state index < -0.39 is 0 Å². The number of rotatable bonds is 1. The van der Waals surface area contributed by atoms with Gasteiger partial charge in [-0.3, -0.25) is 0 Å². The molecule has 0 aromatic heterocycles. The highest BCUT2D eigenvalue weighted by atomic mass is 14.9. The number of fused-ring (bicyclic) bond motifs is 3. The Kier molecular flexibility index (Phi) is 1.53. The van der Waals surface area contributed by atoms with E-state index in [2.05, 4.69) is 13.8 Å². The van der Waals surface area contributed by atoms with Crippen LogP contribution in [-0.2, 0) is 0 Å². The first kappa shape index (κ1) is 9.87. The lowest BCUT2D eigenvalue weighted by atomic mass is 9.57. The third kappa shape index (κ3) is 0.790. The highest BCUT2D eigenvalue weighted by molar-refractivity contribution is 5.30. The Morgan fingerprint density at radius 3 is 2.76 bits per heavy atom. The normalized spacial score (nSPS) is 70.2. The van der Waals surface area contributed by atoms with Crippen LogP contribution in [0.5, 0.6) is 0 Å². The molecule has 7 fully saturated rings. The summed E-state index contributed by atoms with van der Waals surface area (Å²) >= 11 is 0. The third-order valence-corrected chi connectivity index (χ3v) is 8.54. The molecule has 7 aliphatic rings. The average molecular weight is 230 g/mol. The monoisotopic (exact) mass is 230 g/mol. The van der Waals surface area contributed by atoms with Gasteiger partial charge in [0.1, 0.15) is 0 Å². The molecule has 0 aromatic carbocycles. The van der Waals surface area contributed by atoms with Crippen molar-refractivity contribution in [3.05, 3.63) is 0 Å². The van der Waals surface area contributed by atoms with Gasteiger partial charge in [-0.15, -0.1) is 0 Å². The Morgan fingerprint density at radius 2 is 1.94 bits per heavy atom. The van der Waals surface area contributed by atoms with Crippen LogP contribution in [0.4, 0.5) is 0 Å². The van der Waals surface area contributed by atoms with E-state index in [0.717, 1.165) is 28.6 Å². The molecule has 94 valence electrons. The van der Waals surface area contributed by atoms with Crippen LogP contribution in [0.3, 0.4) is 0 Å². The van der Waals surface area contributed by atoms with Crippen LogP contribution in [0.25, 0.3) is 0 Å². The molecule has 17 heavy (non-hydrogen) atoms. The summed E-state index contributed by atoms with van der Waals surface area (Å²) in [5, 5.41) is 0. The van der Waals surface area contributed by atoms with E-state index in [-0.39, 0.29) is 0 Å². The smallest absolute Gasteiger partial charge is 0.0227 e. The molecular formula is C17H26. The van der Waals surface area contributed by atoms with E-state index in [4.69, 9.17) is 0 Å². The SMILES string of the molecule is CCC1CCC2C(C)C3C4CC5CC24CC53C1. The van der Waals surface area contributed by atoms with Gasteiger partial charge in [0.05, 0.1) is 0 Å². The summed E-state index contributed by atoms with van der Waals surface area (Å²) in [6.07, 6.45) is 11.3. The maximum absolute atomic E-state index is 2.64. The van der Waals surface area contributed by atoms with Crippen LogP contribution < -0.4 is 0 Å². The fourth-order valence-corrected chi connectivity index (χ4v) is 8.48. The average Bonchev–Trinajstić information content (AvgIpc) is 2.95. The third-order valence-electron chi connectivity index (χ3n) is 8.54. The van der Waals surface area contributed by atoms with Crippen LogP contribution in [-0.4, -0.2) is 0 Å². The molecule has 0 aliphatic heterocycles. The molecule has 0 aromatic rings. The molecular weight excluding hydrogens is 204 g/mol. The zero-order valence-corrected chi connectivity index (χ0v) is 11.4. The predicted octanol–water partition coefficient (Wildman–Crippen LogP) is 4.49. The molecule has 0 radical (unpaired) electrons. The second-order valence-corrected chi connectivity index (χ2v) is 8.43. The summed E-state index contributed by atoms with van der Waals surface area (Å²) in [6, 6.07) is 0. The maximum Gasteiger partial charge on any atom is -0.0227 e. The minimum Gasteiger partial charge on any atom is -0.0651 e. The van der Waals surface area contributed by atoms with Gasteiger partial charge in [0.15, 0.2) is 0 Å². The first-order chi connectivity index (χ1) is 8.21. The van der Waals surface area contributed by atoms with Crippen LogP contribution in [0, 0.1) is 46.3 Å². The molecule has 0 heterocycles. The van der Waals surface area contributed by atoms with E-state index >= 15 is 0 Å². The van der Waals surface area contributed by atoms with Gasteiger partial charge in [-0.05, 0) is 78.4 Å². The fraction of sp³-hybridized carbons (Fsp3) is 1.00. The van der Waals surface area contributed by atoms with E-state index in [0.29, 0.717) is 0 Å². The summed E-state index contributed by atoms with van der Waals surface area (Å²) in [6.45, 7) is 5.08. The van der Waals surface area contributed by atoms with Crippen molar-refractivity contribution in [2.75, 3.05) is 0 Å². The van der Waals surface area contributed by atoms with Gasteiger partial charge >= 0.3 is 0 Å². The van der Waals surface area contributed by atoms with Gasteiger partial charge in [-0.2, -0.15) is 0 Å². The Hall–Kier alpha value is 0. The highest BCUT2D eigenvalue weighted by Gasteiger charge is 2.82. The van der Waals surface area contributed by atoms with Gasteiger partial charge in [0.2, 0.25) is 0 Å². The summed E-state index contributed by atoms with van der Waals surface area (Å²) in [5.74, 6) is 6.88. The summed E-state index contributed by atoms with van der Waals surface area (Å²) < 4.78 is 0. The molecule has 7 aliphatic carbocycles. The number of hydrogen-bond donors (Lipinski definition) is 0. The maximum atomic E-state index is 2.64. The molecule has 0 amide bonds. The Balaban J connectivity index is 1.68. The van der Waals surface area contributed by atoms with Crippen LogP contribution in [0.1, 0.15) is 58.8 Å². The minimum atomic E-state index is 0.877. The highest BCUT2D eigenvalue weighted by Crippen LogP contribution is 2.89. The van der Waals surface area contributed by atoms with Crippen LogP contribution in [0.2, 0.25) is 0 Å². The Bertz CT molecular complexity index is 385. The summed E-state index contributed by atoms with van der Waals surface area (Å²) in [5.41, 5.74) is 1.77. The first-order valence-corrected chi connectivity index (χ1v) is 8.21. The zero-order valence-electron chi connectivity index (χ0n) is 11.4. The Morgan fingerprint density at radius 1 is 1.06 bits per heavy atom. The fourth-order valence-electron chi connectivity index (χ4n) is 8.48. The standard InChI is InChI=1S/C17H26/c1-3-11-4-5-13-10(2)15-14-6-12-8-17(13,14)9-16(12,15)7-11/h10-15H,3-9H2,1-2H3. The molecule has 8 atom stereocenters. The second-order valence-electron chi connectivity index (χ2n) is 8.43. The topological polar surface area (TPSA) is 0 Å². The Labute approximate surface area is 106 Å². The quantitative estimate of drug-likeness (QED) is 0.622. The van der Waals surface area contributed by atoms with Crippen molar-refractivity contribution in [3.63, 3.8) is 0 Å². The molecule has 0 N–H and O–H groups in total. The van der Waals surface area contributed by atoms with Gasteiger partial charge in [-0.1, -0.05) is 26.7 Å². The summed E-state index contributed by atoms with van der Waals surface area (Å²) in [4.78, 5) is 0. The van der Waals surface area contributed by atoms with Gasteiger partial charge in [0, 0.05) is 0 Å². The van der Waals surface area contributed by atoms with E-state index in [1.165, 1.54) is 24.2 Å². The lowest BCUT2D eigenvalue weighted by molar-refractivity contribution is 0.0165. The lowest BCUT2D eigenvalue weighted by Crippen LogP contribution is -2.40. The van der Waals surface area contributed by atoms with Crippen molar-refractivity contribution in [1.29, 1.82) is 0 Å². The van der Waals surface area contributed by atoms with Crippen molar-refractivity contribution in [1.82, 2.24) is 0 Å². The van der Waals surface area contributed by atoms with Crippen molar-refractivity contribution >= 4 is 0 Å².